The predicted octanol–water partition coefficient (Wildman–Crippen LogP) is -0.231. The van der Waals surface area contributed by atoms with Gasteiger partial charge in [0.2, 0.25) is 6.79 Å². The minimum absolute atomic E-state index is 0.154. The number of hydrogen-bond donors (Lipinski definition) is 2. The second-order valence-corrected chi connectivity index (χ2v) is 3.40. The van der Waals surface area contributed by atoms with E-state index in [1.165, 1.54) is 6.08 Å². The fraction of sp³-hybridized carbons (Fsp3) is 0.0909. The van der Waals surface area contributed by atoms with Gasteiger partial charge in [0, 0.05) is 0 Å². The molecule has 0 saturated carbocycles. The number of ether oxygens (including phenoxy) is 2. The molecule has 2 amide bonds. The van der Waals surface area contributed by atoms with Crippen LogP contribution in [0.25, 0.3) is 6.08 Å². The summed E-state index contributed by atoms with van der Waals surface area (Å²) in [5.41, 5.74) is 10.4. The van der Waals surface area contributed by atoms with Crippen molar-refractivity contribution < 1.29 is 19.1 Å². The Hall–Kier alpha value is -2.50. The van der Waals surface area contributed by atoms with Gasteiger partial charge in [0.1, 0.15) is 5.57 Å². The molecule has 0 fully saturated rings. The summed E-state index contributed by atoms with van der Waals surface area (Å²) in [4.78, 5) is 22.0. The van der Waals surface area contributed by atoms with Crippen LogP contribution in [0.3, 0.4) is 0 Å². The molecular formula is C11H10N2O4. The van der Waals surface area contributed by atoms with Crippen molar-refractivity contribution in [3.05, 3.63) is 29.3 Å². The van der Waals surface area contributed by atoms with Crippen LogP contribution in [0.4, 0.5) is 0 Å². The third kappa shape index (κ3) is 2.20. The number of rotatable bonds is 3. The molecule has 0 unspecified atom stereocenters. The molecule has 4 N–H and O–H groups in total. The van der Waals surface area contributed by atoms with Crippen LogP contribution in [-0.4, -0.2) is 18.6 Å². The van der Waals surface area contributed by atoms with E-state index in [1.54, 1.807) is 18.2 Å². The van der Waals surface area contributed by atoms with Crippen LogP contribution in [-0.2, 0) is 9.59 Å². The Morgan fingerprint density at radius 1 is 1.12 bits per heavy atom. The molecule has 0 atom stereocenters. The van der Waals surface area contributed by atoms with Crippen LogP contribution in [0.1, 0.15) is 5.56 Å². The Balaban J connectivity index is 2.37. The SMILES string of the molecule is NC(=O)C(=Cc1ccc2c(c1)OCO2)C(N)=O. The van der Waals surface area contributed by atoms with E-state index in [2.05, 4.69) is 0 Å². The first-order valence-corrected chi connectivity index (χ1v) is 4.79. The number of carbonyl (C=O) groups is 2. The predicted molar refractivity (Wildman–Crippen MR) is 58.9 cm³/mol. The Morgan fingerprint density at radius 2 is 1.76 bits per heavy atom. The lowest BCUT2D eigenvalue weighted by atomic mass is 10.1. The van der Waals surface area contributed by atoms with Gasteiger partial charge >= 0.3 is 0 Å². The zero-order chi connectivity index (χ0) is 12.4. The zero-order valence-electron chi connectivity index (χ0n) is 8.80. The van der Waals surface area contributed by atoms with Gasteiger partial charge in [-0.2, -0.15) is 0 Å². The molecule has 0 bridgehead atoms. The van der Waals surface area contributed by atoms with Crippen LogP contribution in [0.5, 0.6) is 11.5 Å². The summed E-state index contributed by atoms with van der Waals surface area (Å²) < 4.78 is 10.3. The Morgan fingerprint density at radius 3 is 2.41 bits per heavy atom. The highest BCUT2D eigenvalue weighted by atomic mass is 16.7. The average molecular weight is 234 g/mol. The zero-order valence-corrected chi connectivity index (χ0v) is 8.80. The van der Waals surface area contributed by atoms with E-state index in [0.29, 0.717) is 17.1 Å². The van der Waals surface area contributed by atoms with Crippen LogP contribution < -0.4 is 20.9 Å². The maximum absolute atomic E-state index is 11.0. The van der Waals surface area contributed by atoms with Gasteiger partial charge < -0.3 is 20.9 Å². The third-order valence-corrected chi connectivity index (χ3v) is 2.24. The molecule has 1 aliphatic heterocycles. The number of carbonyl (C=O) groups excluding carboxylic acids is 2. The summed E-state index contributed by atoms with van der Waals surface area (Å²) in [6.45, 7) is 0.154. The second-order valence-electron chi connectivity index (χ2n) is 3.40. The number of nitrogens with two attached hydrogens (primary N) is 2. The molecule has 88 valence electrons. The first-order valence-electron chi connectivity index (χ1n) is 4.79. The molecule has 1 aromatic rings. The number of amides is 2. The van der Waals surface area contributed by atoms with E-state index < -0.39 is 11.8 Å². The number of benzene rings is 1. The standard InChI is InChI=1S/C11H10N2O4/c12-10(14)7(11(13)15)3-6-1-2-8-9(4-6)17-5-16-8/h1-4H,5H2,(H2,12,14)(H2,13,15). The maximum atomic E-state index is 11.0. The molecule has 0 radical (unpaired) electrons. The van der Waals surface area contributed by atoms with Crippen LogP contribution in [0.15, 0.2) is 23.8 Å². The molecular weight excluding hydrogens is 224 g/mol. The van der Waals surface area contributed by atoms with Crippen molar-refractivity contribution in [3.63, 3.8) is 0 Å². The summed E-state index contributed by atoms with van der Waals surface area (Å²) >= 11 is 0. The molecule has 6 nitrogen and oxygen atoms in total. The first kappa shape index (κ1) is 11.0. The van der Waals surface area contributed by atoms with Gasteiger partial charge in [0.15, 0.2) is 11.5 Å². The Kier molecular flexibility index (Phi) is 2.70. The molecule has 2 rings (SSSR count). The lowest BCUT2D eigenvalue weighted by molar-refractivity contribution is -0.120. The molecule has 0 aromatic heterocycles. The van der Waals surface area contributed by atoms with Crippen LogP contribution >= 0.6 is 0 Å². The highest BCUT2D eigenvalue weighted by Crippen LogP contribution is 2.32. The summed E-state index contributed by atoms with van der Waals surface area (Å²) in [6, 6.07) is 4.97. The van der Waals surface area contributed by atoms with Crippen LogP contribution in [0.2, 0.25) is 0 Å². The van der Waals surface area contributed by atoms with Gasteiger partial charge in [-0.3, -0.25) is 9.59 Å². The van der Waals surface area contributed by atoms with Crippen molar-refractivity contribution in [3.8, 4) is 11.5 Å². The lowest BCUT2D eigenvalue weighted by Crippen LogP contribution is -2.25. The molecule has 6 heteroatoms. The topological polar surface area (TPSA) is 105 Å². The first-order chi connectivity index (χ1) is 8.08. The largest absolute Gasteiger partial charge is 0.454 e. The van der Waals surface area contributed by atoms with Gasteiger partial charge in [-0.25, -0.2) is 0 Å². The van der Waals surface area contributed by atoms with Gasteiger partial charge in [-0.15, -0.1) is 0 Å². The number of hydrogen-bond acceptors (Lipinski definition) is 4. The molecule has 17 heavy (non-hydrogen) atoms. The fourth-order valence-electron chi connectivity index (χ4n) is 1.43. The van der Waals surface area contributed by atoms with Gasteiger partial charge in [-0.1, -0.05) is 6.07 Å². The monoisotopic (exact) mass is 234 g/mol. The van der Waals surface area contributed by atoms with E-state index in [4.69, 9.17) is 20.9 Å². The second kappa shape index (κ2) is 4.17. The van der Waals surface area contributed by atoms with Crippen molar-refractivity contribution >= 4 is 17.9 Å². The lowest BCUT2D eigenvalue weighted by Gasteiger charge is -2.00. The highest BCUT2D eigenvalue weighted by molar-refractivity contribution is 6.20. The number of fused-ring (bicyclic) bond motifs is 1. The summed E-state index contributed by atoms with van der Waals surface area (Å²) in [5, 5.41) is 0. The Labute approximate surface area is 96.8 Å². The van der Waals surface area contributed by atoms with Gasteiger partial charge in [0.05, 0.1) is 0 Å². The molecule has 0 aliphatic carbocycles. The maximum Gasteiger partial charge on any atom is 0.254 e. The van der Waals surface area contributed by atoms with Crippen molar-refractivity contribution in [2.24, 2.45) is 11.5 Å². The fourth-order valence-corrected chi connectivity index (χ4v) is 1.43. The molecule has 0 spiro atoms. The van der Waals surface area contributed by atoms with Crippen molar-refractivity contribution in [1.82, 2.24) is 0 Å². The van der Waals surface area contributed by atoms with Crippen molar-refractivity contribution in [2.45, 2.75) is 0 Å². The minimum Gasteiger partial charge on any atom is -0.454 e. The molecule has 1 heterocycles. The van der Waals surface area contributed by atoms with E-state index in [1.807, 2.05) is 0 Å². The smallest absolute Gasteiger partial charge is 0.254 e. The molecule has 1 aromatic carbocycles. The van der Waals surface area contributed by atoms with E-state index >= 15 is 0 Å². The van der Waals surface area contributed by atoms with Crippen LogP contribution in [0, 0.1) is 0 Å². The molecule has 0 saturated heterocycles. The summed E-state index contributed by atoms with van der Waals surface area (Å²) in [7, 11) is 0. The van der Waals surface area contributed by atoms with E-state index in [-0.39, 0.29) is 12.4 Å². The molecule has 1 aliphatic rings. The normalized spacial score (nSPS) is 12.0. The summed E-state index contributed by atoms with van der Waals surface area (Å²) in [6.07, 6.45) is 1.31. The van der Waals surface area contributed by atoms with E-state index in [0.717, 1.165) is 0 Å². The van der Waals surface area contributed by atoms with Crippen molar-refractivity contribution in [1.29, 1.82) is 0 Å². The van der Waals surface area contributed by atoms with Gasteiger partial charge in [0.25, 0.3) is 11.8 Å². The summed E-state index contributed by atoms with van der Waals surface area (Å²) in [5.74, 6) is -0.570. The Bertz CT molecular complexity index is 506. The van der Waals surface area contributed by atoms with Crippen molar-refractivity contribution in [2.75, 3.05) is 6.79 Å². The number of primary amides is 2. The van der Waals surface area contributed by atoms with E-state index in [9.17, 15) is 9.59 Å². The third-order valence-electron chi connectivity index (χ3n) is 2.24. The highest BCUT2D eigenvalue weighted by Gasteiger charge is 2.15. The minimum atomic E-state index is -0.866. The van der Waals surface area contributed by atoms with Gasteiger partial charge in [-0.05, 0) is 23.8 Å². The average Bonchev–Trinajstić information content (AvgIpc) is 2.71. The quantitative estimate of drug-likeness (QED) is 0.428.